The summed E-state index contributed by atoms with van der Waals surface area (Å²) < 4.78 is 23.0. The highest BCUT2D eigenvalue weighted by molar-refractivity contribution is 5.76. The second kappa shape index (κ2) is 19.6. The SMILES string of the molecule is CCCCOc1ccc([C@@H](C)[C@@H](CCCC[C@H](O)CC)NC(=O)CCCCCOCCF)cc1. The summed E-state index contributed by atoms with van der Waals surface area (Å²) in [7, 11) is 0. The molecule has 0 aliphatic heterocycles. The number of rotatable bonds is 21. The number of hydrogen-bond donors (Lipinski definition) is 2. The second-order valence-electron chi connectivity index (χ2n) is 9.19. The molecule has 196 valence electrons. The molecule has 0 spiro atoms. The molecule has 0 aliphatic rings. The van der Waals surface area contributed by atoms with Crippen molar-refractivity contribution in [3.63, 3.8) is 0 Å². The number of hydrogen-bond acceptors (Lipinski definition) is 4. The van der Waals surface area contributed by atoms with E-state index in [1.807, 2.05) is 19.1 Å². The van der Waals surface area contributed by atoms with Gasteiger partial charge in [0.15, 0.2) is 0 Å². The maximum atomic E-state index is 12.7. The van der Waals surface area contributed by atoms with Crippen LogP contribution >= 0.6 is 0 Å². The number of aliphatic hydroxyl groups excluding tert-OH is 1. The third-order valence-electron chi connectivity index (χ3n) is 6.31. The Morgan fingerprint density at radius 2 is 1.71 bits per heavy atom. The molecule has 0 radical (unpaired) electrons. The van der Waals surface area contributed by atoms with Crippen molar-refractivity contribution >= 4 is 5.91 Å². The van der Waals surface area contributed by atoms with Crippen molar-refractivity contribution in [2.24, 2.45) is 0 Å². The van der Waals surface area contributed by atoms with Gasteiger partial charge < -0.3 is 19.9 Å². The van der Waals surface area contributed by atoms with Gasteiger partial charge in [-0.1, -0.05) is 58.6 Å². The largest absolute Gasteiger partial charge is 0.494 e. The smallest absolute Gasteiger partial charge is 0.220 e. The number of carbonyl (C=O) groups excluding carboxylic acids is 1. The van der Waals surface area contributed by atoms with Crippen molar-refractivity contribution in [1.29, 1.82) is 0 Å². The van der Waals surface area contributed by atoms with Crippen LogP contribution in [0.4, 0.5) is 4.39 Å². The van der Waals surface area contributed by atoms with E-state index in [4.69, 9.17) is 9.47 Å². The molecule has 0 saturated carbocycles. The fourth-order valence-corrected chi connectivity index (χ4v) is 3.93. The minimum atomic E-state index is -0.450. The zero-order chi connectivity index (χ0) is 25.0. The summed E-state index contributed by atoms with van der Waals surface area (Å²) in [5.41, 5.74) is 1.19. The summed E-state index contributed by atoms with van der Waals surface area (Å²) in [4.78, 5) is 12.7. The number of unbranched alkanes of at least 4 members (excludes halogenated alkanes) is 4. The summed E-state index contributed by atoms with van der Waals surface area (Å²) in [6.45, 7) is 7.30. The summed E-state index contributed by atoms with van der Waals surface area (Å²) >= 11 is 0. The maximum absolute atomic E-state index is 12.7. The monoisotopic (exact) mass is 481 g/mol. The highest BCUT2D eigenvalue weighted by atomic mass is 19.1. The molecule has 1 amide bonds. The number of ether oxygens (including phenoxy) is 2. The number of benzene rings is 1. The Balaban J connectivity index is 2.59. The fraction of sp³-hybridized carbons (Fsp3) is 0.750. The van der Waals surface area contributed by atoms with E-state index in [-0.39, 0.29) is 30.6 Å². The number of carbonyl (C=O) groups is 1. The standard InChI is InChI=1S/C28H48FNO4/c1-4-6-21-34-26-17-15-24(16-18-26)23(3)27(13-10-9-12-25(31)5-2)30-28(32)14-8-7-11-20-33-22-19-29/h15-18,23,25,27,31H,4-14,19-22H2,1-3H3,(H,30,32)/t23-,25-,27-/m1/s1. The Morgan fingerprint density at radius 3 is 2.38 bits per heavy atom. The van der Waals surface area contributed by atoms with E-state index < -0.39 is 6.67 Å². The summed E-state index contributed by atoms with van der Waals surface area (Å²) in [5, 5.41) is 13.1. The van der Waals surface area contributed by atoms with Gasteiger partial charge in [0.25, 0.3) is 0 Å². The lowest BCUT2D eigenvalue weighted by molar-refractivity contribution is -0.122. The molecule has 34 heavy (non-hydrogen) atoms. The Bertz CT molecular complexity index is 625. The molecule has 1 aromatic rings. The molecule has 1 aromatic carbocycles. The molecular formula is C28H48FNO4. The first-order valence-electron chi connectivity index (χ1n) is 13.4. The van der Waals surface area contributed by atoms with Gasteiger partial charge in [-0.05, 0) is 56.2 Å². The molecule has 2 N–H and O–H groups in total. The minimum absolute atomic E-state index is 0.0472. The zero-order valence-electron chi connectivity index (χ0n) is 21.7. The predicted molar refractivity (Wildman–Crippen MR) is 137 cm³/mol. The Kier molecular flexibility index (Phi) is 17.5. The maximum Gasteiger partial charge on any atom is 0.220 e. The van der Waals surface area contributed by atoms with Gasteiger partial charge in [0.1, 0.15) is 12.4 Å². The quantitative estimate of drug-likeness (QED) is 0.201. The van der Waals surface area contributed by atoms with Gasteiger partial charge in [0.05, 0.1) is 19.3 Å². The van der Waals surface area contributed by atoms with Crippen LogP contribution in [0.5, 0.6) is 5.75 Å². The molecule has 0 fully saturated rings. The van der Waals surface area contributed by atoms with E-state index >= 15 is 0 Å². The molecule has 0 aliphatic carbocycles. The fourth-order valence-electron chi connectivity index (χ4n) is 3.93. The van der Waals surface area contributed by atoms with Gasteiger partial charge in [-0.15, -0.1) is 0 Å². The molecule has 0 saturated heterocycles. The summed E-state index contributed by atoms with van der Waals surface area (Å²) in [6, 6.07) is 8.28. The van der Waals surface area contributed by atoms with Gasteiger partial charge in [-0.2, -0.15) is 0 Å². The number of aliphatic hydroxyl groups is 1. The van der Waals surface area contributed by atoms with Crippen LogP contribution in [0.1, 0.15) is 103 Å². The van der Waals surface area contributed by atoms with Crippen LogP contribution < -0.4 is 10.1 Å². The Morgan fingerprint density at radius 1 is 0.971 bits per heavy atom. The van der Waals surface area contributed by atoms with Crippen LogP contribution in [0.3, 0.4) is 0 Å². The van der Waals surface area contributed by atoms with E-state index in [9.17, 15) is 14.3 Å². The van der Waals surface area contributed by atoms with Crippen LogP contribution in [0.15, 0.2) is 24.3 Å². The normalized spacial score (nSPS) is 13.9. The average molecular weight is 482 g/mol. The predicted octanol–water partition coefficient (Wildman–Crippen LogP) is 6.33. The Labute approximate surface area is 206 Å². The van der Waals surface area contributed by atoms with Gasteiger partial charge in [0, 0.05) is 25.0 Å². The summed E-state index contributed by atoms with van der Waals surface area (Å²) in [6.07, 6.45) is 9.35. The molecule has 0 aromatic heterocycles. The van der Waals surface area contributed by atoms with Crippen LogP contribution in [0, 0.1) is 0 Å². The van der Waals surface area contributed by atoms with Gasteiger partial charge >= 0.3 is 0 Å². The topological polar surface area (TPSA) is 67.8 Å². The number of amides is 1. The van der Waals surface area contributed by atoms with E-state index in [1.54, 1.807) is 0 Å². The van der Waals surface area contributed by atoms with Gasteiger partial charge in [-0.25, -0.2) is 4.39 Å². The molecule has 6 heteroatoms. The molecule has 1 rings (SSSR count). The first-order chi connectivity index (χ1) is 16.5. The van der Waals surface area contributed by atoms with E-state index in [0.717, 1.165) is 76.6 Å². The third-order valence-corrected chi connectivity index (χ3v) is 6.31. The van der Waals surface area contributed by atoms with Crippen molar-refractivity contribution in [3.05, 3.63) is 29.8 Å². The van der Waals surface area contributed by atoms with E-state index in [1.165, 1.54) is 5.56 Å². The highest BCUT2D eigenvalue weighted by Crippen LogP contribution is 2.25. The van der Waals surface area contributed by atoms with Crippen molar-refractivity contribution in [1.82, 2.24) is 5.32 Å². The molecule has 0 bridgehead atoms. The van der Waals surface area contributed by atoms with Crippen LogP contribution in [-0.4, -0.2) is 49.7 Å². The van der Waals surface area contributed by atoms with Crippen LogP contribution in [0.2, 0.25) is 0 Å². The van der Waals surface area contributed by atoms with E-state index in [2.05, 4.69) is 31.3 Å². The lowest BCUT2D eigenvalue weighted by Crippen LogP contribution is -2.38. The molecule has 0 heterocycles. The average Bonchev–Trinajstić information content (AvgIpc) is 2.85. The van der Waals surface area contributed by atoms with Crippen molar-refractivity contribution in [2.45, 2.75) is 109 Å². The van der Waals surface area contributed by atoms with Gasteiger partial charge in [0.2, 0.25) is 5.91 Å². The third kappa shape index (κ3) is 13.9. The molecule has 0 unspecified atom stereocenters. The molecular weight excluding hydrogens is 433 g/mol. The Hall–Kier alpha value is -1.66. The number of halogens is 1. The zero-order valence-corrected chi connectivity index (χ0v) is 21.7. The first kappa shape index (κ1) is 30.4. The van der Waals surface area contributed by atoms with Crippen LogP contribution in [0.25, 0.3) is 0 Å². The molecule has 5 nitrogen and oxygen atoms in total. The second-order valence-corrected chi connectivity index (χ2v) is 9.19. The van der Waals surface area contributed by atoms with Crippen molar-refractivity contribution < 1.29 is 23.8 Å². The highest BCUT2D eigenvalue weighted by Gasteiger charge is 2.21. The number of alkyl halides is 1. The van der Waals surface area contributed by atoms with Crippen molar-refractivity contribution in [2.75, 3.05) is 26.5 Å². The molecule has 3 atom stereocenters. The number of nitrogens with one attached hydrogen (secondary N) is 1. The van der Waals surface area contributed by atoms with Gasteiger partial charge in [-0.3, -0.25) is 4.79 Å². The minimum Gasteiger partial charge on any atom is -0.494 e. The van der Waals surface area contributed by atoms with Crippen molar-refractivity contribution in [3.8, 4) is 5.75 Å². The first-order valence-corrected chi connectivity index (χ1v) is 13.4. The van der Waals surface area contributed by atoms with Crippen LogP contribution in [-0.2, 0) is 9.53 Å². The summed E-state index contributed by atoms with van der Waals surface area (Å²) in [5.74, 6) is 1.14. The lowest BCUT2D eigenvalue weighted by Gasteiger charge is -2.26. The lowest BCUT2D eigenvalue weighted by atomic mass is 9.89. The van der Waals surface area contributed by atoms with E-state index in [0.29, 0.717) is 13.0 Å².